The van der Waals surface area contributed by atoms with Gasteiger partial charge in [-0.2, -0.15) is 0 Å². The third-order valence-electron chi connectivity index (χ3n) is 2.42. The number of imidazole rings is 1. The van der Waals surface area contributed by atoms with Crippen LogP contribution in [0.15, 0.2) is 12.4 Å². The molecule has 3 heteroatoms. The molecule has 1 N–H and O–H groups in total. The molecule has 0 aromatic carbocycles. The minimum Gasteiger partial charge on any atom is -0.337 e. The summed E-state index contributed by atoms with van der Waals surface area (Å²) in [6.45, 7) is 2.28. The van der Waals surface area contributed by atoms with Crippen LogP contribution in [0.2, 0.25) is 0 Å². The third kappa shape index (κ3) is 1.13. The van der Waals surface area contributed by atoms with Crippen molar-refractivity contribution in [3.8, 4) is 0 Å². The molecule has 1 aliphatic carbocycles. The minimum absolute atomic E-state index is 0.670. The van der Waals surface area contributed by atoms with Gasteiger partial charge in [-0.3, -0.25) is 0 Å². The van der Waals surface area contributed by atoms with E-state index in [9.17, 15) is 0 Å². The molecule has 0 amide bonds. The van der Waals surface area contributed by atoms with Crippen molar-refractivity contribution in [2.75, 3.05) is 0 Å². The number of nitrogens with zero attached hydrogens (tertiary/aromatic N) is 1. The van der Waals surface area contributed by atoms with E-state index in [2.05, 4.69) is 16.5 Å². The van der Waals surface area contributed by atoms with Crippen LogP contribution in [0, 0.1) is 10.7 Å². The van der Waals surface area contributed by atoms with Crippen LogP contribution in [0.3, 0.4) is 0 Å². The summed E-state index contributed by atoms with van der Waals surface area (Å²) in [5, 5.41) is 0. The van der Waals surface area contributed by atoms with Crippen LogP contribution in [-0.2, 0) is 0 Å². The highest BCUT2D eigenvalue weighted by Gasteiger charge is 2.26. The van der Waals surface area contributed by atoms with Crippen molar-refractivity contribution in [1.29, 1.82) is 0 Å². The second kappa shape index (κ2) is 2.48. The standard InChI is InChI=1S/C8H12N2S/c1-6-4-7(5-6)10-3-2-9-8(10)11/h2-3,6-7H,4-5H2,1H3,(H,9,11). The average Bonchev–Trinajstić information content (AvgIpc) is 2.29. The molecule has 0 unspecified atom stereocenters. The second-order valence-corrected chi connectivity index (χ2v) is 3.79. The van der Waals surface area contributed by atoms with Gasteiger partial charge in [0.25, 0.3) is 0 Å². The van der Waals surface area contributed by atoms with E-state index < -0.39 is 0 Å². The zero-order valence-electron chi connectivity index (χ0n) is 6.58. The molecule has 1 aromatic rings. The van der Waals surface area contributed by atoms with Crippen molar-refractivity contribution in [2.45, 2.75) is 25.8 Å². The predicted octanol–water partition coefficient (Wildman–Crippen LogP) is 2.52. The van der Waals surface area contributed by atoms with Crippen LogP contribution in [0.1, 0.15) is 25.8 Å². The Labute approximate surface area is 71.2 Å². The van der Waals surface area contributed by atoms with E-state index >= 15 is 0 Å². The van der Waals surface area contributed by atoms with Gasteiger partial charge in [0.15, 0.2) is 4.77 Å². The maximum atomic E-state index is 5.11. The van der Waals surface area contributed by atoms with Gasteiger partial charge < -0.3 is 9.55 Å². The Hall–Kier alpha value is -0.570. The molecule has 0 spiro atoms. The number of aromatic nitrogens is 2. The van der Waals surface area contributed by atoms with E-state index in [-0.39, 0.29) is 0 Å². The van der Waals surface area contributed by atoms with Crippen molar-refractivity contribution < 1.29 is 0 Å². The smallest absolute Gasteiger partial charge is 0.177 e. The van der Waals surface area contributed by atoms with Crippen LogP contribution in [0.5, 0.6) is 0 Å². The summed E-state index contributed by atoms with van der Waals surface area (Å²) in [5.74, 6) is 0.886. The fourth-order valence-corrected chi connectivity index (χ4v) is 1.98. The van der Waals surface area contributed by atoms with E-state index in [1.54, 1.807) is 0 Å². The molecular weight excluding hydrogens is 156 g/mol. The van der Waals surface area contributed by atoms with E-state index in [1.165, 1.54) is 12.8 Å². The molecule has 1 fully saturated rings. The topological polar surface area (TPSA) is 20.7 Å². The molecule has 1 aromatic heterocycles. The van der Waals surface area contributed by atoms with Crippen LogP contribution >= 0.6 is 12.2 Å². The highest BCUT2D eigenvalue weighted by atomic mass is 32.1. The van der Waals surface area contributed by atoms with Gasteiger partial charge >= 0.3 is 0 Å². The third-order valence-corrected chi connectivity index (χ3v) is 2.75. The Bertz CT molecular complexity index is 293. The van der Waals surface area contributed by atoms with Gasteiger partial charge in [0, 0.05) is 18.4 Å². The van der Waals surface area contributed by atoms with E-state index in [1.807, 2.05) is 12.4 Å². The molecule has 0 aliphatic heterocycles. The van der Waals surface area contributed by atoms with Crippen molar-refractivity contribution in [1.82, 2.24) is 9.55 Å². The maximum absolute atomic E-state index is 5.11. The van der Waals surface area contributed by atoms with E-state index in [0.717, 1.165) is 10.7 Å². The quantitative estimate of drug-likeness (QED) is 0.639. The first-order valence-electron chi connectivity index (χ1n) is 4.03. The number of rotatable bonds is 1. The molecule has 2 nitrogen and oxygen atoms in total. The largest absolute Gasteiger partial charge is 0.337 e. The van der Waals surface area contributed by atoms with Crippen LogP contribution in [0.25, 0.3) is 0 Å². The van der Waals surface area contributed by atoms with Crippen molar-refractivity contribution >= 4 is 12.2 Å². The number of aromatic amines is 1. The molecular formula is C8H12N2S. The fraction of sp³-hybridized carbons (Fsp3) is 0.625. The van der Waals surface area contributed by atoms with Gasteiger partial charge in [0.05, 0.1) is 0 Å². The summed E-state index contributed by atoms with van der Waals surface area (Å²) in [6.07, 6.45) is 6.52. The maximum Gasteiger partial charge on any atom is 0.177 e. The Kier molecular flexibility index (Phi) is 1.60. The van der Waals surface area contributed by atoms with Gasteiger partial charge in [-0.15, -0.1) is 0 Å². The highest BCUT2D eigenvalue weighted by Crippen LogP contribution is 2.36. The van der Waals surface area contributed by atoms with Gasteiger partial charge in [-0.1, -0.05) is 6.92 Å². The zero-order valence-corrected chi connectivity index (χ0v) is 7.40. The monoisotopic (exact) mass is 168 g/mol. The first-order chi connectivity index (χ1) is 5.27. The Morgan fingerprint density at radius 3 is 2.82 bits per heavy atom. The number of hydrogen-bond acceptors (Lipinski definition) is 1. The molecule has 1 saturated carbocycles. The van der Waals surface area contributed by atoms with Crippen molar-refractivity contribution in [2.24, 2.45) is 5.92 Å². The molecule has 0 saturated heterocycles. The molecule has 1 aliphatic rings. The number of H-pyrrole nitrogens is 1. The van der Waals surface area contributed by atoms with Crippen LogP contribution in [-0.4, -0.2) is 9.55 Å². The molecule has 2 rings (SSSR count). The molecule has 60 valence electrons. The van der Waals surface area contributed by atoms with E-state index in [4.69, 9.17) is 12.2 Å². The lowest BCUT2D eigenvalue weighted by Crippen LogP contribution is -2.24. The molecule has 0 atom stereocenters. The lowest BCUT2D eigenvalue weighted by atomic mass is 9.82. The fourth-order valence-electron chi connectivity index (χ4n) is 1.71. The summed E-state index contributed by atoms with van der Waals surface area (Å²) in [4.78, 5) is 3.01. The first-order valence-corrected chi connectivity index (χ1v) is 4.43. The average molecular weight is 168 g/mol. The molecule has 0 radical (unpaired) electrons. The van der Waals surface area contributed by atoms with Gasteiger partial charge in [0.1, 0.15) is 0 Å². The van der Waals surface area contributed by atoms with Crippen LogP contribution < -0.4 is 0 Å². The Morgan fingerprint density at radius 2 is 2.36 bits per heavy atom. The van der Waals surface area contributed by atoms with Gasteiger partial charge in [-0.05, 0) is 31.0 Å². The normalized spacial score (nSPS) is 29.9. The second-order valence-electron chi connectivity index (χ2n) is 3.40. The Balaban J connectivity index is 2.19. The number of hydrogen-bond donors (Lipinski definition) is 1. The van der Waals surface area contributed by atoms with Gasteiger partial charge in [0.2, 0.25) is 0 Å². The zero-order chi connectivity index (χ0) is 7.84. The van der Waals surface area contributed by atoms with Gasteiger partial charge in [-0.25, -0.2) is 0 Å². The SMILES string of the molecule is CC1CC(n2cc[nH]c2=S)C1. The first kappa shape index (κ1) is 7.10. The summed E-state index contributed by atoms with van der Waals surface area (Å²) < 4.78 is 3.02. The summed E-state index contributed by atoms with van der Waals surface area (Å²) >= 11 is 5.11. The highest BCUT2D eigenvalue weighted by molar-refractivity contribution is 7.71. The summed E-state index contributed by atoms with van der Waals surface area (Å²) in [7, 11) is 0. The summed E-state index contributed by atoms with van der Waals surface area (Å²) in [5.41, 5.74) is 0. The summed E-state index contributed by atoms with van der Waals surface area (Å²) in [6, 6.07) is 0.670. The number of nitrogens with one attached hydrogen (secondary N) is 1. The lowest BCUT2D eigenvalue weighted by molar-refractivity contribution is 0.214. The molecule has 0 bridgehead atoms. The lowest BCUT2D eigenvalue weighted by Gasteiger charge is -2.33. The predicted molar refractivity (Wildman–Crippen MR) is 47.1 cm³/mol. The van der Waals surface area contributed by atoms with Crippen molar-refractivity contribution in [3.05, 3.63) is 17.2 Å². The van der Waals surface area contributed by atoms with Crippen LogP contribution in [0.4, 0.5) is 0 Å². The van der Waals surface area contributed by atoms with E-state index in [0.29, 0.717) is 6.04 Å². The minimum atomic E-state index is 0.670. The van der Waals surface area contributed by atoms with Crippen molar-refractivity contribution in [3.63, 3.8) is 0 Å². The molecule has 1 heterocycles. The molecule has 11 heavy (non-hydrogen) atoms. The Morgan fingerprint density at radius 1 is 1.64 bits per heavy atom.